The third-order valence-electron chi connectivity index (χ3n) is 2.09. The van der Waals surface area contributed by atoms with Gasteiger partial charge in [-0.25, -0.2) is 4.79 Å². The molecule has 1 N–H and O–H groups in total. The van der Waals surface area contributed by atoms with Gasteiger partial charge >= 0.3 is 5.97 Å². The Balaban J connectivity index is 2.78. The molecule has 0 aliphatic rings. The highest BCUT2D eigenvalue weighted by Crippen LogP contribution is 2.20. The van der Waals surface area contributed by atoms with Crippen LogP contribution in [0.2, 0.25) is 0 Å². The lowest BCUT2D eigenvalue weighted by atomic mass is 10.1. The number of benzene rings is 1. The molecule has 1 aromatic heterocycles. The topological polar surface area (TPSA) is 78.8 Å². The molecule has 0 atom stereocenters. The summed E-state index contributed by atoms with van der Waals surface area (Å²) in [7, 11) is 1.28. The van der Waals surface area contributed by atoms with E-state index in [-0.39, 0.29) is 5.69 Å². The van der Waals surface area contributed by atoms with Crippen LogP contribution in [0.1, 0.15) is 16.1 Å². The first kappa shape index (κ1) is 9.21. The summed E-state index contributed by atoms with van der Waals surface area (Å²) in [6.07, 6.45) is 0. The van der Waals surface area contributed by atoms with Crippen LogP contribution in [-0.2, 0) is 4.74 Å². The van der Waals surface area contributed by atoms with Gasteiger partial charge in [0.1, 0.15) is 0 Å². The fourth-order valence-corrected chi connectivity index (χ4v) is 1.41. The van der Waals surface area contributed by atoms with E-state index in [0.717, 1.165) is 0 Å². The summed E-state index contributed by atoms with van der Waals surface area (Å²) in [5.74, 6) is -0.552. The van der Waals surface area contributed by atoms with Crippen LogP contribution in [0.5, 0.6) is 0 Å². The molecule has 0 spiro atoms. The summed E-state index contributed by atoms with van der Waals surface area (Å²) in [4.78, 5) is 11.3. The van der Waals surface area contributed by atoms with Crippen LogP contribution in [0.25, 0.3) is 10.9 Å². The molecular formula is C10H7N3O2. The van der Waals surface area contributed by atoms with Gasteiger partial charge in [-0.2, -0.15) is 10.4 Å². The summed E-state index contributed by atoms with van der Waals surface area (Å²) in [5, 5.41) is 15.9. The number of carbonyl (C=O) groups is 1. The fraction of sp³-hybridized carbons (Fsp3) is 0.100. The monoisotopic (exact) mass is 201 g/mol. The minimum absolute atomic E-state index is 0.143. The molecule has 15 heavy (non-hydrogen) atoms. The van der Waals surface area contributed by atoms with Crippen LogP contribution >= 0.6 is 0 Å². The number of methoxy groups -OCH3 is 1. The molecule has 0 radical (unpaired) electrons. The van der Waals surface area contributed by atoms with E-state index in [9.17, 15) is 4.79 Å². The summed E-state index contributed by atoms with van der Waals surface area (Å²) in [6, 6.07) is 7.10. The molecule has 0 unspecified atom stereocenters. The second-order valence-electron chi connectivity index (χ2n) is 2.90. The maximum atomic E-state index is 11.3. The Morgan fingerprint density at radius 1 is 1.60 bits per heavy atom. The molecule has 1 aromatic carbocycles. The molecule has 2 rings (SSSR count). The Bertz CT molecular complexity index is 566. The van der Waals surface area contributed by atoms with E-state index < -0.39 is 5.97 Å². The average Bonchev–Trinajstić information content (AvgIpc) is 2.71. The standard InChI is InChI=1S/C10H7N3O2/c1-15-10(14)9-8-6(5-11)3-2-4-7(8)12-13-9/h2-4H,1H3,(H,12,13). The largest absolute Gasteiger partial charge is 0.464 e. The maximum Gasteiger partial charge on any atom is 0.359 e. The number of nitrogens with zero attached hydrogens (tertiary/aromatic N) is 2. The van der Waals surface area contributed by atoms with Crippen molar-refractivity contribution in [3.05, 3.63) is 29.5 Å². The van der Waals surface area contributed by atoms with Gasteiger partial charge in [-0.05, 0) is 12.1 Å². The second-order valence-corrected chi connectivity index (χ2v) is 2.90. The molecule has 0 aliphatic carbocycles. The number of H-pyrrole nitrogens is 1. The average molecular weight is 201 g/mol. The van der Waals surface area contributed by atoms with Gasteiger partial charge in [-0.1, -0.05) is 6.07 Å². The number of ether oxygens (including phenoxy) is 1. The van der Waals surface area contributed by atoms with Crippen LogP contribution in [-0.4, -0.2) is 23.3 Å². The van der Waals surface area contributed by atoms with Gasteiger partial charge in [0.05, 0.1) is 29.6 Å². The molecule has 2 aromatic rings. The number of nitrogens with one attached hydrogen (secondary N) is 1. The van der Waals surface area contributed by atoms with Crippen LogP contribution in [0, 0.1) is 11.3 Å². The quantitative estimate of drug-likeness (QED) is 0.703. The van der Waals surface area contributed by atoms with Crippen molar-refractivity contribution in [3.8, 4) is 6.07 Å². The predicted molar refractivity (Wildman–Crippen MR) is 52.1 cm³/mol. The highest BCUT2D eigenvalue weighted by atomic mass is 16.5. The van der Waals surface area contributed by atoms with E-state index in [1.807, 2.05) is 6.07 Å². The predicted octanol–water partition coefficient (Wildman–Crippen LogP) is 1.22. The summed E-state index contributed by atoms with van der Waals surface area (Å²) >= 11 is 0. The first-order valence-corrected chi connectivity index (χ1v) is 4.23. The van der Waals surface area contributed by atoms with E-state index >= 15 is 0 Å². The van der Waals surface area contributed by atoms with Crippen LogP contribution in [0.4, 0.5) is 0 Å². The number of fused-ring (bicyclic) bond motifs is 1. The number of aromatic amines is 1. The Hall–Kier alpha value is -2.35. The second kappa shape index (κ2) is 3.42. The summed E-state index contributed by atoms with van der Waals surface area (Å²) in [5.41, 5.74) is 1.20. The van der Waals surface area contributed by atoms with Crippen molar-refractivity contribution in [2.24, 2.45) is 0 Å². The van der Waals surface area contributed by atoms with E-state index in [2.05, 4.69) is 14.9 Å². The van der Waals surface area contributed by atoms with Crippen LogP contribution in [0.3, 0.4) is 0 Å². The first-order chi connectivity index (χ1) is 7.27. The Morgan fingerprint density at radius 3 is 3.07 bits per heavy atom. The van der Waals surface area contributed by atoms with Crippen molar-refractivity contribution >= 4 is 16.9 Å². The van der Waals surface area contributed by atoms with E-state index in [1.165, 1.54) is 7.11 Å². The highest BCUT2D eigenvalue weighted by Gasteiger charge is 2.16. The van der Waals surface area contributed by atoms with Crippen molar-refractivity contribution in [3.63, 3.8) is 0 Å². The molecular weight excluding hydrogens is 194 g/mol. The minimum atomic E-state index is -0.552. The third-order valence-corrected chi connectivity index (χ3v) is 2.09. The van der Waals surface area contributed by atoms with Gasteiger partial charge in [0.25, 0.3) is 0 Å². The number of aromatic nitrogens is 2. The van der Waals surface area contributed by atoms with Gasteiger partial charge < -0.3 is 4.74 Å². The molecule has 74 valence electrons. The Morgan fingerprint density at radius 2 is 2.40 bits per heavy atom. The fourth-order valence-electron chi connectivity index (χ4n) is 1.41. The lowest BCUT2D eigenvalue weighted by Gasteiger charge is -1.96. The molecule has 0 aliphatic heterocycles. The van der Waals surface area contributed by atoms with Crippen LogP contribution < -0.4 is 0 Å². The Kier molecular flexibility index (Phi) is 2.10. The first-order valence-electron chi connectivity index (χ1n) is 4.23. The van der Waals surface area contributed by atoms with Crippen molar-refractivity contribution in [2.45, 2.75) is 0 Å². The zero-order valence-electron chi connectivity index (χ0n) is 7.94. The number of esters is 1. The van der Waals surface area contributed by atoms with Gasteiger partial charge in [-0.15, -0.1) is 0 Å². The zero-order chi connectivity index (χ0) is 10.8. The molecule has 5 heteroatoms. The van der Waals surface area contributed by atoms with E-state index in [4.69, 9.17) is 5.26 Å². The lowest BCUT2D eigenvalue weighted by molar-refractivity contribution is 0.0596. The number of hydrogen-bond acceptors (Lipinski definition) is 4. The number of nitriles is 1. The SMILES string of the molecule is COC(=O)c1n[nH]c2cccc(C#N)c12. The van der Waals surface area contributed by atoms with E-state index in [1.54, 1.807) is 18.2 Å². The van der Waals surface area contributed by atoms with Crippen molar-refractivity contribution in [1.82, 2.24) is 10.2 Å². The number of carbonyl (C=O) groups excluding carboxylic acids is 1. The van der Waals surface area contributed by atoms with Crippen molar-refractivity contribution in [1.29, 1.82) is 5.26 Å². The van der Waals surface area contributed by atoms with Gasteiger partial charge in [-0.3, -0.25) is 5.10 Å². The molecule has 5 nitrogen and oxygen atoms in total. The number of rotatable bonds is 1. The summed E-state index contributed by atoms with van der Waals surface area (Å²) in [6.45, 7) is 0. The smallest absolute Gasteiger partial charge is 0.359 e. The van der Waals surface area contributed by atoms with Crippen molar-refractivity contribution in [2.75, 3.05) is 7.11 Å². The molecule has 0 fully saturated rings. The molecule has 1 heterocycles. The zero-order valence-corrected chi connectivity index (χ0v) is 7.94. The van der Waals surface area contributed by atoms with Gasteiger partial charge in [0.15, 0.2) is 5.69 Å². The number of hydrogen-bond donors (Lipinski definition) is 1. The molecule has 0 saturated heterocycles. The third kappa shape index (κ3) is 1.32. The van der Waals surface area contributed by atoms with Crippen molar-refractivity contribution < 1.29 is 9.53 Å². The molecule has 0 bridgehead atoms. The van der Waals surface area contributed by atoms with Gasteiger partial charge in [0, 0.05) is 0 Å². The normalized spacial score (nSPS) is 9.87. The maximum absolute atomic E-state index is 11.3. The van der Waals surface area contributed by atoms with Crippen LogP contribution in [0.15, 0.2) is 18.2 Å². The Labute approximate surface area is 85.3 Å². The van der Waals surface area contributed by atoms with E-state index in [0.29, 0.717) is 16.5 Å². The lowest BCUT2D eigenvalue weighted by Crippen LogP contribution is -2.02. The summed E-state index contributed by atoms with van der Waals surface area (Å²) < 4.78 is 4.57. The van der Waals surface area contributed by atoms with Gasteiger partial charge in [0.2, 0.25) is 0 Å². The highest BCUT2D eigenvalue weighted by molar-refractivity contribution is 6.04. The minimum Gasteiger partial charge on any atom is -0.464 e. The molecule has 0 amide bonds. The molecule has 0 saturated carbocycles.